The fourth-order valence-corrected chi connectivity index (χ4v) is 2.42. The van der Waals surface area contributed by atoms with Gasteiger partial charge in [0.25, 0.3) is 11.8 Å². The van der Waals surface area contributed by atoms with Crippen LogP contribution in [-0.4, -0.2) is 11.8 Å². The minimum absolute atomic E-state index is 0.267. The molecule has 0 bridgehead atoms. The number of hydrogen-bond donors (Lipinski definition) is 1. The van der Waals surface area contributed by atoms with Crippen LogP contribution in [0.4, 0.5) is 0 Å². The molecule has 2 aromatic rings. The van der Waals surface area contributed by atoms with Gasteiger partial charge in [-0.1, -0.05) is 48.0 Å². The molecule has 0 spiro atoms. The number of benzene rings is 2. The van der Waals surface area contributed by atoms with Gasteiger partial charge in [0.15, 0.2) is 0 Å². The van der Waals surface area contributed by atoms with Gasteiger partial charge in [0.1, 0.15) is 0 Å². The van der Waals surface area contributed by atoms with Crippen molar-refractivity contribution in [3.63, 3.8) is 0 Å². The van der Waals surface area contributed by atoms with Gasteiger partial charge in [-0.3, -0.25) is 14.9 Å². The van der Waals surface area contributed by atoms with E-state index >= 15 is 0 Å². The SMILES string of the molecule is O=C1NC(=O)c2c1ccc(-c1ccccc1)c2Cl. The van der Waals surface area contributed by atoms with Crippen LogP contribution in [0.1, 0.15) is 20.7 Å². The molecule has 2 aromatic carbocycles. The van der Waals surface area contributed by atoms with Crippen molar-refractivity contribution in [2.24, 2.45) is 0 Å². The predicted octanol–water partition coefficient (Wildman–Crippen LogP) is 2.89. The summed E-state index contributed by atoms with van der Waals surface area (Å²) in [6.07, 6.45) is 0. The number of imide groups is 1. The Bertz CT molecular complexity index is 665. The topological polar surface area (TPSA) is 46.2 Å². The van der Waals surface area contributed by atoms with Gasteiger partial charge in [-0.2, -0.15) is 0 Å². The highest BCUT2D eigenvalue weighted by molar-refractivity contribution is 6.39. The van der Waals surface area contributed by atoms with Crippen molar-refractivity contribution in [2.75, 3.05) is 0 Å². The first-order valence-corrected chi connectivity index (χ1v) is 5.80. The van der Waals surface area contributed by atoms with E-state index < -0.39 is 11.8 Å². The van der Waals surface area contributed by atoms with Gasteiger partial charge in [-0.25, -0.2) is 0 Å². The third-order valence-corrected chi connectivity index (χ3v) is 3.32. The zero-order valence-corrected chi connectivity index (χ0v) is 9.99. The summed E-state index contributed by atoms with van der Waals surface area (Å²) < 4.78 is 0. The maximum absolute atomic E-state index is 11.7. The van der Waals surface area contributed by atoms with E-state index in [1.165, 1.54) is 0 Å². The number of halogens is 1. The molecule has 0 atom stereocenters. The molecule has 0 unspecified atom stereocenters. The summed E-state index contributed by atoms with van der Waals surface area (Å²) in [5.41, 5.74) is 2.27. The second-order valence-electron chi connectivity index (χ2n) is 4.00. The van der Waals surface area contributed by atoms with Gasteiger partial charge in [-0.15, -0.1) is 0 Å². The van der Waals surface area contributed by atoms with E-state index in [4.69, 9.17) is 11.6 Å². The largest absolute Gasteiger partial charge is 0.288 e. The summed E-state index contributed by atoms with van der Waals surface area (Å²) in [6.45, 7) is 0. The predicted molar refractivity (Wildman–Crippen MR) is 68.7 cm³/mol. The lowest BCUT2D eigenvalue weighted by atomic mass is 10.00. The first-order chi connectivity index (χ1) is 8.68. The zero-order chi connectivity index (χ0) is 12.7. The molecule has 0 aliphatic carbocycles. The lowest BCUT2D eigenvalue weighted by Crippen LogP contribution is -2.20. The Kier molecular flexibility index (Phi) is 2.42. The molecule has 3 rings (SSSR count). The highest BCUT2D eigenvalue weighted by Gasteiger charge is 2.30. The van der Waals surface area contributed by atoms with Crippen molar-refractivity contribution in [1.82, 2.24) is 5.32 Å². The van der Waals surface area contributed by atoms with Crippen LogP contribution < -0.4 is 5.32 Å². The summed E-state index contributed by atoms with van der Waals surface area (Å²) in [6, 6.07) is 12.9. The number of hydrogen-bond acceptors (Lipinski definition) is 2. The Labute approximate surface area is 108 Å². The van der Waals surface area contributed by atoms with E-state index in [9.17, 15) is 9.59 Å². The van der Waals surface area contributed by atoms with E-state index in [0.717, 1.165) is 11.1 Å². The van der Waals surface area contributed by atoms with Crippen LogP contribution in [0, 0.1) is 0 Å². The number of carbonyl (C=O) groups excluding carboxylic acids is 2. The first-order valence-electron chi connectivity index (χ1n) is 5.42. The average molecular weight is 258 g/mol. The summed E-state index contributed by atoms with van der Waals surface area (Å²) >= 11 is 6.24. The van der Waals surface area contributed by atoms with Gasteiger partial charge in [0.2, 0.25) is 0 Å². The van der Waals surface area contributed by atoms with Gasteiger partial charge in [0.05, 0.1) is 16.1 Å². The Hall–Kier alpha value is -2.13. The molecule has 0 saturated heterocycles. The van der Waals surface area contributed by atoms with Crippen molar-refractivity contribution in [2.45, 2.75) is 0 Å². The molecule has 0 radical (unpaired) electrons. The summed E-state index contributed by atoms with van der Waals surface area (Å²) in [5, 5.41) is 2.56. The normalized spacial score (nSPS) is 13.4. The maximum Gasteiger partial charge on any atom is 0.260 e. The lowest BCUT2D eigenvalue weighted by molar-refractivity contribution is 0.0879. The molecule has 0 saturated carbocycles. The van der Waals surface area contributed by atoms with E-state index in [2.05, 4.69) is 5.32 Å². The second-order valence-corrected chi connectivity index (χ2v) is 4.38. The quantitative estimate of drug-likeness (QED) is 0.799. The van der Waals surface area contributed by atoms with E-state index in [0.29, 0.717) is 10.6 Å². The molecular weight excluding hydrogens is 250 g/mol. The van der Waals surface area contributed by atoms with Crippen LogP contribution in [0.5, 0.6) is 0 Å². The Morgan fingerprint density at radius 1 is 0.833 bits per heavy atom. The third kappa shape index (κ3) is 1.52. The molecule has 1 heterocycles. The summed E-state index contributed by atoms with van der Waals surface area (Å²) in [5.74, 6) is -0.825. The summed E-state index contributed by atoms with van der Waals surface area (Å²) in [7, 11) is 0. The smallest absolute Gasteiger partial charge is 0.260 e. The highest BCUT2D eigenvalue weighted by Crippen LogP contribution is 2.34. The highest BCUT2D eigenvalue weighted by atomic mass is 35.5. The fourth-order valence-electron chi connectivity index (χ4n) is 2.06. The summed E-state index contributed by atoms with van der Waals surface area (Å²) in [4.78, 5) is 23.1. The molecule has 18 heavy (non-hydrogen) atoms. The molecule has 1 N–H and O–H groups in total. The molecular formula is C14H8ClNO2. The molecule has 1 aliphatic rings. The van der Waals surface area contributed by atoms with E-state index in [1.54, 1.807) is 12.1 Å². The Balaban J connectivity index is 2.24. The van der Waals surface area contributed by atoms with Gasteiger partial charge in [0, 0.05) is 5.56 Å². The molecule has 4 heteroatoms. The van der Waals surface area contributed by atoms with Crippen molar-refractivity contribution in [1.29, 1.82) is 0 Å². The minimum Gasteiger partial charge on any atom is -0.288 e. The van der Waals surface area contributed by atoms with Crippen LogP contribution in [0.3, 0.4) is 0 Å². The number of carbonyl (C=O) groups is 2. The van der Waals surface area contributed by atoms with Crippen LogP contribution >= 0.6 is 11.6 Å². The first kappa shape index (κ1) is 11.0. The molecule has 88 valence electrons. The Morgan fingerprint density at radius 3 is 2.22 bits per heavy atom. The van der Waals surface area contributed by atoms with Gasteiger partial charge in [-0.05, 0) is 11.6 Å². The molecule has 3 nitrogen and oxygen atoms in total. The number of fused-ring (bicyclic) bond motifs is 1. The standard InChI is InChI=1S/C14H8ClNO2/c15-12-9(8-4-2-1-3-5-8)6-7-10-11(12)14(18)16-13(10)17/h1-7H,(H,16,17,18). The minimum atomic E-state index is -0.433. The van der Waals surface area contributed by atoms with Crippen molar-refractivity contribution in [3.05, 3.63) is 58.6 Å². The molecule has 1 aliphatic heterocycles. The monoisotopic (exact) mass is 257 g/mol. The third-order valence-electron chi connectivity index (χ3n) is 2.93. The second kappa shape index (κ2) is 3.96. The van der Waals surface area contributed by atoms with Crippen LogP contribution in [-0.2, 0) is 0 Å². The number of amides is 2. The van der Waals surface area contributed by atoms with Gasteiger partial charge < -0.3 is 0 Å². The van der Waals surface area contributed by atoms with Crippen molar-refractivity contribution in [3.8, 4) is 11.1 Å². The van der Waals surface area contributed by atoms with Crippen molar-refractivity contribution >= 4 is 23.4 Å². The fraction of sp³-hybridized carbons (Fsp3) is 0. The van der Waals surface area contributed by atoms with E-state index in [1.807, 2.05) is 30.3 Å². The Morgan fingerprint density at radius 2 is 1.50 bits per heavy atom. The molecule has 2 amide bonds. The van der Waals surface area contributed by atoms with Crippen LogP contribution in [0.15, 0.2) is 42.5 Å². The van der Waals surface area contributed by atoms with Crippen LogP contribution in [0.25, 0.3) is 11.1 Å². The van der Waals surface area contributed by atoms with Gasteiger partial charge >= 0.3 is 0 Å². The number of rotatable bonds is 1. The maximum atomic E-state index is 11.7. The average Bonchev–Trinajstić information content (AvgIpc) is 2.67. The molecule has 0 fully saturated rings. The lowest BCUT2D eigenvalue weighted by Gasteiger charge is -2.07. The molecule has 0 aromatic heterocycles. The number of nitrogens with one attached hydrogen (secondary N) is 1. The van der Waals surface area contributed by atoms with E-state index in [-0.39, 0.29) is 5.56 Å². The van der Waals surface area contributed by atoms with Crippen molar-refractivity contribution < 1.29 is 9.59 Å². The zero-order valence-electron chi connectivity index (χ0n) is 9.24. The van der Waals surface area contributed by atoms with Crippen LogP contribution in [0.2, 0.25) is 5.02 Å².